The SMILES string of the molecule is O=C(c1ccc(O)cc1)C(O)CCl. The van der Waals surface area contributed by atoms with Crippen LogP contribution < -0.4 is 0 Å². The van der Waals surface area contributed by atoms with E-state index in [0.29, 0.717) is 5.56 Å². The first kappa shape index (κ1) is 10.0. The zero-order chi connectivity index (χ0) is 9.84. The van der Waals surface area contributed by atoms with Crippen LogP contribution in [0.1, 0.15) is 10.4 Å². The van der Waals surface area contributed by atoms with Crippen molar-refractivity contribution in [3.8, 4) is 5.75 Å². The second-order valence-electron chi connectivity index (χ2n) is 2.58. The second-order valence-corrected chi connectivity index (χ2v) is 2.89. The number of ketones is 1. The quantitative estimate of drug-likeness (QED) is 0.569. The van der Waals surface area contributed by atoms with Crippen molar-refractivity contribution in [2.45, 2.75) is 6.10 Å². The second kappa shape index (κ2) is 4.25. The Morgan fingerprint density at radius 3 is 2.38 bits per heavy atom. The highest BCUT2D eigenvalue weighted by molar-refractivity contribution is 6.20. The van der Waals surface area contributed by atoms with Crippen LogP contribution in [-0.4, -0.2) is 28.0 Å². The molecule has 0 bridgehead atoms. The molecule has 0 heterocycles. The van der Waals surface area contributed by atoms with E-state index in [4.69, 9.17) is 21.8 Å². The third-order valence-electron chi connectivity index (χ3n) is 1.60. The molecule has 70 valence electrons. The molecule has 1 rings (SSSR count). The normalized spacial score (nSPS) is 12.5. The van der Waals surface area contributed by atoms with E-state index in [1.165, 1.54) is 24.3 Å². The molecule has 0 aromatic heterocycles. The van der Waals surface area contributed by atoms with Gasteiger partial charge in [0.15, 0.2) is 5.78 Å². The Balaban J connectivity index is 2.83. The highest BCUT2D eigenvalue weighted by Gasteiger charge is 2.15. The highest BCUT2D eigenvalue weighted by atomic mass is 35.5. The smallest absolute Gasteiger partial charge is 0.192 e. The molecule has 0 spiro atoms. The van der Waals surface area contributed by atoms with Gasteiger partial charge in [-0.15, -0.1) is 11.6 Å². The van der Waals surface area contributed by atoms with E-state index in [0.717, 1.165) is 0 Å². The number of hydrogen-bond donors (Lipinski definition) is 2. The summed E-state index contributed by atoms with van der Waals surface area (Å²) >= 11 is 5.31. The molecule has 1 aromatic carbocycles. The zero-order valence-corrected chi connectivity index (χ0v) is 7.53. The maximum atomic E-state index is 11.3. The number of aliphatic hydroxyl groups is 1. The number of Topliss-reactive ketones (excluding diaryl/α,β-unsaturated/α-hetero) is 1. The van der Waals surface area contributed by atoms with E-state index in [9.17, 15) is 4.79 Å². The van der Waals surface area contributed by atoms with Crippen LogP contribution in [0, 0.1) is 0 Å². The van der Waals surface area contributed by atoms with Crippen molar-refractivity contribution in [1.82, 2.24) is 0 Å². The fraction of sp³-hybridized carbons (Fsp3) is 0.222. The van der Waals surface area contributed by atoms with Gasteiger partial charge in [0, 0.05) is 5.56 Å². The van der Waals surface area contributed by atoms with Crippen molar-refractivity contribution in [2.75, 3.05) is 5.88 Å². The van der Waals surface area contributed by atoms with Gasteiger partial charge in [-0.25, -0.2) is 0 Å². The average molecular weight is 201 g/mol. The molecule has 0 amide bonds. The summed E-state index contributed by atoms with van der Waals surface area (Å²) in [7, 11) is 0. The van der Waals surface area contributed by atoms with Crippen LogP contribution in [-0.2, 0) is 0 Å². The number of phenols is 1. The van der Waals surface area contributed by atoms with Crippen molar-refractivity contribution in [3.63, 3.8) is 0 Å². The number of alkyl halides is 1. The summed E-state index contributed by atoms with van der Waals surface area (Å²) in [6, 6.07) is 5.64. The van der Waals surface area contributed by atoms with Crippen molar-refractivity contribution < 1.29 is 15.0 Å². The lowest BCUT2D eigenvalue weighted by atomic mass is 10.1. The first-order chi connectivity index (χ1) is 6.15. The summed E-state index contributed by atoms with van der Waals surface area (Å²) in [5, 5.41) is 18.0. The third kappa shape index (κ3) is 2.44. The van der Waals surface area contributed by atoms with E-state index in [-0.39, 0.29) is 11.6 Å². The minimum atomic E-state index is -1.17. The van der Waals surface area contributed by atoms with Gasteiger partial charge in [-0.2, -0.15) is 0 Å². The van der Waals surface area contributed by atoms with Crippen LogP contribution in [0.4, 0.5) is 0 Å². The molecule has 0 aliphatic carbocycles. The van der Waals surface area contributed by atoms with Crippen LogP contribution >= 0.6 is 11.6 Å². The Labute approximate surface area is 80.6 Å². The van der Waals surface area contributed by atoms with Gasteiger partial charge in [0.25, 0.3) is 0 Å². The number of aromatic hydroxyl groups is 1. The van der Waals surface area contributed by atoms with Gasteiger partial charge < -0.3 is 10.2 Å². The predicted octanol–water partition coefficient (Wildman–Crippen LogP) is 1.17. The molecule has 1 unspecified atom stereocenters. The van der Waals surface area contributed by atoms with Crippen molar-refractivity contribution >= 4 is 17.4 Å². The van der Waals surface area contributed by atoms with Crippen LogP contribution in [0.25, 0.3) is 0 Å². The van der Waals surface area contributed by atoms with E-state index < -0.39 is 11.9 Å². The monoisotopic (exact) mass is 200 g/mol. The molecule has 2 N–H and O–H groups in total. The van der Waals surface area contributed by atoms with E-state index in [2.05, 4.69) is 0 Å². The average Bonchev–Trinajstić information content (AvgIpc) is 2.17. The Morgan fingerprint density at radius 2 is 1.92 bits per heavy atom. The summed E-state index contributed by atoms with van der Waals surface area (Å²) in [4.78, 5) is 11.3. The summed E-state index contributed by atoms with van der Waals surface area (Å²) in [6.45, 7) is 0. The van der Waals surface area contributed by atoms with Gasteiger partial charge in [0.05, 0.1) is 5.88 Å². The molecule has 4 heteroatoms. The fourth-order valence-electron chi connectivity index (χ4n) is 0.888. The van der Waals surface area contributed by atoms with E-state index in [1.807, 2.05) is 0 Å². The molecule has 0 saturated carbocycles. The lowest BCUT2D eigenvalue weighted by Crippen LogP contribution is -2.21. The maximum absolute atomic E-state index is 11.3. The van der Waals surface area contributed by atoms with Crippen molar-refractivity contribution in [2.24, 2.45) is 0 Å². The minimum absolute atomic E-state index is 0.0805. The molecule has 1 atom stereocenters. The summed E-state index contributed by atoms with van der Waals surface area (Å²) < 4.78 is 0. The van der Waals surface area contributed by atoms with Gasteiger partial charge in [-0.1, -0.05) is 0 Å². The summed E-state index contributed by atoms with van der Waals surface area (Å²) in [5.41, 5.74) is 0.339. The Bertz CT molecular complexity index is 294. The van der Waals surface area contributed by atoms with Gasteiger partial charge in [-0.05, 0) is 24.3 Å². The molecule has 0 saturated heterocycles. The zero-order valence-electron chi connectivity index (χ0n) is 6.77. The molecule has 3 nitrogen and oxygen atoms in total. The maximum Gasteiger partial charge on any atom is 0.192 e. The van der Waals surface area contributed by atoms with Crippen molar-refractivity contribution in [3.05, 3.63) is 29.8 Å². The number of phenolic OH excluding ortho intramolecular Hbond substituents is 1. The lowest BCUT2D eigenvalue weighted by Gasteiger charge is -2.04. The van der Waals surface area contributed by atoms with Gasteiger partial charge in [0.1, 0.15) is 11.9 Å². The summed E-state index contributed by atoms with van der Waals surface area (Å²) in [5.74, 6) is -0.480. The number of hydrogen-bond acceptors (Lipinski definition) is 3. The third-order valence-corrected chi connectivity index (χ3v) is 1.89. The molecule has 1 aromatic rings. The van der Waals surface area contributed by atoms with Gasteiger partial charge in [0.2, 0.25) is 0 Å². The van der Waals surface area contributed by atoms with Crippen LogP contribution in [0.3, 0.4) is 0 Å². The number of aliphatic hydroxyl groups excluding tert-OH is 1. The number of benzene rings is 1. The van der Waals surface area contributed by atoms with Gasteiger partial charge in [-0.3, -0.25) is 4.79 Å². The first-order valence-electron chi connectivity index (χ1n) is 3.72. The number of carbonyl (C=O) groups is 1. The molecule has 0 aliphatic heterocycles. The van der Waals surface area contributed by atoms with E-state index in [1.54, 1.807) is 0 Å². The number of halogens is 1. The minimum Gasteiger partial charge on any atom is -0.508 e. The number of carbonyl (C=O) groups excluding carboxylic acids is 1. The van der Waals surface area contributed by atoms with Crippen molar-refractivity contribution in [1.29, 1.82) is 0 Å². The van der Waals surface area contributed by atoms with Gasteiger partial charge >= 0.3 is 0 Å². The van der Waals surface area contributed by atoms with Crippen LogP contribution in [0.5, 0.6) is 5.75 Å². The lowest BCUT2D eigenvalue weighted by molar-refractivity contribution is 0.0785. The molecular weight excluding hydrogens is 192 g/mol. The van der Waals surface area contributed by atoms with Crippen LogP contribution in [0.15, 0.2) is 24.3 Å². The number of rotatable bonds is 3. The molecular formula is C9H9ClO3. The Hall–Kier alpha value is -1.06. The Morgan fingerprint density at radius 1 is 1.38 bits per heavy atom. The fourth-order valence-corrected chi connectivity index (χ4v) is 1.03. The highest BCUT2D eigenvalue weighted by Crippen LogP contribution is 2.11. The summed E-state index contributed by atoms with van der Waals surface area (Å²) in [6.07, 6.45) is -1.17. The molecule has 0 fully saturated rings. The molecule has 0 radical (unpaired) electrons. The first-order valence-corrected chi connectivity index (χ1v) is 4.26. The largest absolute Gasteiger partial charge is 0.508 e. The Kier molecular flexibility index (Phi) is 3.28. The van der Waals surface area contributed by atoms with Crippen LogP contribution in [0.2, 0.25) is 0 Å². The molecule has 13 heavy (non-hydrogen) atoms. The topological polar surface area (TPSA) is 57.5 Å². The van der Waals surface area contributed by atoms with E-state index >= 15 is 0 Å². The molecule has 0 aliphatic rings. The standard InChI is InChI=1S/C9H9ClO3/c10-5-8(12)9(13)6-1-3-7(11)4-2-6/h1-4,8,11-12H,5H2. The predicted molar refractivity (Wildman–Crippen MR) is 49.2 cm³/mol.